The summed E-state index contributed by atoms with van der Waals surface area (Å²) in [5.41, 5.74) is 7.93. The maximum Gasteiger partial charge on any atom is 0.0540 e. The molecule has 1 N–H and O–H groups in total. The van der Waals surface area contributed by atoms with Gasteiger partial charge in [-0.25, -0.2) is 0 Å². The first-order valence-electron chi connectivity index (χ1n) is 12.2. The van der Waals surface area contributed by atoms with Gasteiger partial charge in [0.2, 0.25) is 0 Å². The predicted octanol–water partition coefficient (Wildman–Crippen LogP) is 9.72. The van der Waals surface area contributed by atoms with E-state index in [1.54, 1.807) is 0 Å². The lowest BCUT2D eigenvalue weighted by atomic mass is 10.1. The van der Waals surface area contributed by atoms with Crippen LogP contribution in [-0.2, 0) is 0 Å². The van der Waals surface area contributed by atoms with Crippen molar-refractivity contribution in [3.8, 4) is 11.1 Å². The van der Waals surface area contributed by atoms with Gasteiger partial charge in [0.25, 0.3) is 0 Å². The third-order valence-corrected chi connectivity index (χ3v) is 6.41. The second-order valence-corrected chi connectivity index (χ2v) is 8.79. The largest absolute Gasteiger partial charge is 0.356 e. The Morgan fingerprint density at radius 1 is 0.417 bits per heavy atom. The molecule has 172 valence electrons. The van der Waals surface area contributed by atoms with Gasteiger partial charge in [0.05, 0.1) is 5.69 Å². The molecule has 0 unspecified atom stereocenters. The second-order valence-electron chi connectivity index (χ2n) is 8.79. The summed E-state index contributed by atoms with van der Waals surface area (Å²) in [7, 11) is 0. The van der Waals surface area contributed by atoms with Gasteiger partial charge in [-0.3, -0.25) is 0 Å². The number of hydrogen-bond acceptors (Lipinski definition) is 2. The summed E-state index contributed by atoms with van der Waals surface area (Å²) in [4.78, 5) is 2.32. The average Bonchev–Trinajstić information content (AvgIpc) is 2.95. The maximum atomic E-state index is 3.57. The van der Waals surface area contributed by atoms with Crippen LogP contribution in [0.1, 0.15) is 0 Å². The minimum Gasteiger partial charge on any atom is -0.356 e. The Hall–Kier alpha value is -4.82. The number of benzene rings is 6. The predicted molar refractivity (Wildman–Crippen MR) is 154 cm³/mol. The molecule has 6 rings (SSSR count). The molecule has 0 aliphatic heterocycles. The summed E-state index contributed by atoms with van der Waals surface area (Å²) in [5.74, 6) is 0. The molecule has 0 saturated carbocycles. The SMILES string of the molecule is c1ccc(-c2cccc(Nc3ccc(N(c4ccccc4)c4cccc5ccccc45)cc3)c2)cc1. The quantitative estimate of drug-likeness (QED) is 0.265. The lowest BCUT2D eigenvalue weighted by molar-refractivity contribution is 1.30. The van der Waals surface area contributed by atoms with Crippen LogP contribution in [0.3, 0.4) is 0 Å². The maximum absolute atomic E-state index is 3.57. The standard InChI is InChI=1S/C34H26N2/c1-3-11-26(12-4-1)28-15-9-16-30(25-28)35-29-21-23-32(24-22-29)36(31-17-5-2-6-18-31)34-20-10-14-27-13-7-8-19-33(27)34/h1-25,35H. The molecule has 0 amide bonds. The Bertz CT molecular complexity index is 1580. The third-order valence-electron chi connectivity index (χ3n) is 6.41. The minimum absolute atomic E-state index is 1.05. The molecule has 0 radical (unpaired) electrons. The Labute approximate surface area is 212 Å². The van der Waals surface area contributed by atoms with E-state index in [0.29, 0.717) is 0 Å². The van der Waals surface area contributed by atoms with E-state index in [-0.39, 0.29) is 0 Å². The van der Waals surface area contributed by atoms with Gasteiger partial charge in [0, 0.05) is 28.1 Å². The Balaban J connectivity index is 1.34. The van der Waals surface area contributed by atoms with Crippen LogP contribution < -0.4 is 10.2 Å². The second kappa shape index (κ2) is 9.81. The van der Waals surface area contributed by atoms with Crippen molar-refractivity contribution in [1.82, 2.24) is 0 Å². The smallest absolute Gasteiger partial charge is 0.0540 e. The van der Waals surface area contributed by atoms with Gasteiger partial charge in [-0.1, -0.05) is 97.1 Å². The molecule has 0 aliphatic carbocycles. The van der Waals surface area contributed by atoms with E-state index in [4.69, 9.17) is 0 Å². The fourth-order valence-electron chi connectivity index (χ4n) is 4.68. The average molecular weight is 463 g/mol. The lowest BCUT2D eigenvalue weighted by Gasteiger charge is -2.27. The van der Waals surface area contributed by atoms with Crippen LogP contribution >= 0.6 is 0 Å². The topological polar surface area (TPSA) is 15.3 Å². The van der Waals surface area contributed by atoms with Crippen molar-refractivity contribution in [1.29, 1.82) is 0 Å². The Morgan fingerprint density at radius 3 is 1.83 bits per heavy atom. The fourth-order valence-corrected chi connectivity index (χ4v) is 4.68. The molecule has 0 aromatic heterocycles. The molecule has 0 bridgehead atoms. The first-order chi connectivity index (χ1) is 17.8. The molecule has 2 nitrogen and oxygen atoms in total. The summed E-state index contributed by atoms with van der Waals surface area (Å²) in [6, 6.07) is 53.2. The van der Waals surface area contributed by atoms with E-state index >= 15 is 0 Å². The number of para-hydroxylation sites is 1. The van der Waals surface area contributed by atoms with E-state index in [1.165, 1.54) is 21.9 Å². The number of rotatable bonds is 6. The molecule has 36 heavy (non-hydrogen) atoms. The highest BCUT2D eigenvalue weighted by atomic mass is 15.1. The fraction of sp³-hybridized carbons (Fsp3) is 0. The zero-order valence-corrected chi connectivity index (χ0v) is 19.9. The van der Waals surface area contributed by atoms with Gasteiger partial charge >= 0.3 is 0 Å². The van der Waals surface area contributed by atoms with Crippen LogP contribution in [0.2, 0.25) is 0 Å². The first-order valence-corrected chi connectivity index (χ1v) is 12.2. The van der Waals surface area contributed by atoms with E-state index < -0.39 is 0 Å². The molecule has 0 heterocycles. The van der Waals surface area contributed by atoms with E-state index in [2.05, 4.69) is 156 Å². The zero-order chi connectivity index (χ0) is 24.2. The highest BCUT2D eigenvalue weighted by Gasteiger charge is 2.14. The highest BCUT2D eigenvalue weighted by Crippen LogP contribution is 2.39. The van der Waals surface area contributed by atoms with Crippen LogP contribution in [-0.4, -0.2) is 0 Å². The summed E-state index contributed by atoms with van der Waals surface area (Å²) in [6.45, 7) is 0. The van der Waals surface area contributed by atoms with Crippen molar-refractivity contribution in [3.63, 3.8) is 0 Å². The van der Waals surface area contributed by atoms with Crippen LogP contribution in [0, 0.1) is 0 Å². The van der Waals surface area contributed by atoms with Gasteiger partial charge in [-0.15, -0.1) is 0 Å². The summed E-state index contributed by atoms with van der Waals surface area (Å²) >= 11 is 0. The molecule has 0 spiro atoms. The molecule has 6 aromatic carbocycles. The van der Waals surface area contributed by atoms with E-state index in [9.17, 15) is 0 Å². The Kier molecular flexibility index (Phi) is 5.91. The van der Waals surface area contributed by atoms with Gasteiger partial charge in [-0.05, 0) is 71.1 Å². The molecule has 2 heteroatoms. The van der Waals surface area contributed by atoms with Crippen LogP contribution in [0.5, 0.6) is 0 Å². The van der Waals surface area contributed by atoms with E-state index in [0.717, 1.165) is 28.4 Å². The van der Waals surface area contributed by atoms with Crippen molar-refractivity contribution in [2.75, 3.05) is 10.2 Å². The van der Waals surface area contributed by atoms with Gasteiger partial charge in [0.1, 0.15) is 0 Å². The Morgan fingerprint density at radius 2 is 1.03 bits per heavy atom. The first kappa shape index (κ1) is 21.7. The van der Waals surface area contributed by atoms with Gasteiger partial charge < -0.3 is 10.2 Å². The number of nitrogens with zero attached hydrogens (tertiary/aromatic N) is 1. The molecule has 0 atom stereocenters. The van der Waals surface area contributed by atoms with Crippen LogP contribution in [0.25, 0.3) is 21.9 Å². The molecule has 0 fully saturated rings. The van der Waals surface area contributed by atoms with Crippen LogP contribution in [0.4, 0.5) is 28.4 Å². The van der Waals surface area contributed by atoms with Crippen molar-refractivity contribution in [2.45, 2.75) is 0 Å². The molecule has 6 aromatic rings. The van der Waals surface area contributed by atoms with E-state index in [1.807, 2.05) is 6.07 Å². The zero-order valence-electron chi connectivity index (χ0n) is 19.9. The van der Waals surface area contributed by atoms with Crippen molar-refractivity contribution >= 4 is 39.2 Å². The number of hydrogen-bond donors (Lipinski definition) is 1. The normalized spacial score (nSPS) is 10.8. The summed E-state index contributed by atoms with van der Waals surface area (Å²) < 4.78 is 0. The molecule has 0 saturated heterocycles. The summed E-state index contributed by atoms with van der Waals surface area (Å²) in [5, 5.41) is 6.03. The van der Waals surface area contributed by atoms with Gasteiger partial charge in [-0.2, -0.15) is 0 Å². The lowest BCUT2D eigenvalue weighted by Crippen LogP contribution is -2.10. The van der Waals surface area contributed by atoms with Crippen molar-refractivity contribution in [2.24, 2.45) is 0 Å². The monoisotopic (exact) mass is 462 g/mol. The van der Waals surface area contributed by atoms with Crippen molar-refractivity contribution in [3.05, 3.63) is 152 Å². The minimum atomic E-state index is 1.05. The van der Waals surface area contributed by atoms with Crippen molar-refractivity contribution < 1.29 is 0 Å². The number of nitrogens with one attached hydrogen (secondary N) is 1. The number of fused-ring (bicyclic) bond motifs is 1. The highest BCUT2D eigenvalue weighted by molar-refractivity contribution is 5.98. The number of anilines is 5. The molecular formula is C34H26N2. The van der Waals surface area contributed by atoms with Crippen LogP contribution in [0.15, 0.2) is 152 Å². The van der Waals surface area contributed by atoms with Gasteiger partial charge in [0.15, 0.2) is 0 Å². The third kappa shape index (κ3) is 4.45. The summed E-state index contributed by atoms with van der Waals surface area (Å²) in [6.07, 6.45) is 0. The molecular weight excluding hydrogens is 436 g/mol. The molecule has 0 aliphatic rings.